The van der Waals surface area contributed by atoms with Crippen molar-refractivity contribution in [3.63, 3.8) is 0 Å². The minimum Gasteiger partial charge on any atom is -0.356 e. The molecule has 0 spiro atoms. The number of aromatic amines is 1. The Labute approximate surface area is 188 Å². The molecule has 1 aliphatic rings. The number of hydrogen-bond donors (Lipinski definition) is 2. The molecule has 1 aliphatic heterocycles. The molecule has 0 bridgehead atoms. The first-order valence-corrected chi connectivity index (χ1v) is 11.3. The number of pyridine rings is 1. The van der Waals surface area contributed by atoms with E-state index >= 15 is 0 Å². The molecule has 2 amide bonds. The number of imidazole rings is 1. The average molecular weight is 435 g/mol. The van der Waals surface area contributed by atoms with Gasteiger partial charge in [0.05, 0.1) is 23.5 Å². The molecule has 2 N–H and O–H groups in total. The van der Waals surface area contributed by atoms with Gasteiger partial charge in [-0.05, 0) is 51.0 Å². The van der Waals surface area contributed by atoms with Gasteiger partial charge in [-0.1, -0.05) is 12.1 Å². The molecule has 0 saturated carbocycles. The zero-order chi connectivity index (χ0) is 22.5. The number of H-pyrrole nitrogens is 1. The van der Waals surface area contributed by atoms with Crippen LogP contribution in [0.1, 0.15) is 42.9 Å². The lowest BCUT2D eigenvalue weighted by Crippen LogP contribution is -2.45. The number of nitrogens with zero attached hydrogens (tertiary/aromatic N) is 4. The van der Waals surface area contributed by atoms with E-state index in [1.165, 1.54) is 0 Å². The second-order valence-electron chi connectivity index (χ2n) is 8.08. The number of hydrogen-bond acceptors (Lipinski definition) is 5. The summed E-state index contributed by atoms with van der Waals surface area (Å²) in [5.41, 5.74) is 2.37. The number of carbonyl (C=O) groups is 2. The fraction of sp³-hybridized carbons (Fsp3) is 0.417. The van der Waals surface area contributed by atoms with E-state index < -0.39 is 0 Å². The lowest BCUT2D eigenvalue weighted by molar-refractivity contribution is -0.135. The van der Waals surface area contributed by atoms with Crippen LogP contribution in [-0.2, 0) is 11.3 Å². The van der Waals surface area contributed by atoms with Gasteiger partial charge in [-0.3, -0.25) is 9.59 Å². The molecule has 32 heavy (non-hydrogen) atoms. The minimum atomic E-state index is -0.179. The first-order chi connectivity index (χ1) is 15.6. The normalized spacial score (nSPS) is 16.2. The summed E-state index contributed by atoms with van der Waals surface area (Å²) in [5.74, 6) is 1.44. The predicted molar refractivity (Wildman–Crippen MR) is 124 cm³/mol. The van der Waals surface area contributed by atoms with E-state index in [-0.39, 0.29) is 17.7 Å². The van der Waals surface area contributed by atoms with Gasteiger partial charge in [0.2, 0.25) is 5.91 Å². The van der Waals surface area contributed by atoms with Crippen molar-refractivity contribution >= 4 is 28.7 Å². The molecule has 4 rings (SSSR count). The van der Waals surface area contributed by atoms with E-state index in [0.717, 1.165) is 49.3 Å². The number of benzene rings is 1. The molecule has 2 aromatic heterocycles. The Morgan fingerprint density at radius 1 is 1.22 bits per heavy atom. The molecule has 168 valence electrons. The molecular weight excluding hydrogens is 404 g/mol. The molecule has 3 heterocycles. The highest BCUT2D eigenvalue weighted by Crippen LogP contribution is 2.24. The average Bonchev–Trinajstić information content (AvgIpc) is 3.26. The molecular formula is C24H30N6O2. The third-order valence-electron chi connectivity index (χ3n) is 6.03. The summed E-state index contributed by atoms with van der Waals surface area (Å²) in [6.07, 6.45) is 3.48. The highest BCUT2D eigenvalue weighted by atomic mass is 16.2. The van der Waals surface area contributed by atoms with Crippen molar-refractivity contribution in [1.29, 1.82) is 0 Å². The van der Waals surface area contributed by atoms with E-state index in [4.69, 9.17) is 0 Å². The van der Waals surface area contributed by atoms with Gasteiger partial charge in [0.1, 0.15) is 11.6 Å². The summed E-state index contributed by atoms with van der Waals surface area (Å²) in [7, 11) is 0. The van der Waals surface area contributed by atoms with Gasteiger partial charge in [0.15, 0.2) is 0 Å². The van der Waals surface area contributed by atoms with Gasteiger partial charge in [-0.25, -0.2) is 9.97 Å². The molecule has 1 unspecified atom stereocenters. The third-order valence-corrected chi connectivity index (χ3v) is 6.03. The van der Waals surface area contributed by atoms with Crippen molar-refractivity contribution in [2.24, 2.45) is 5.92 Å². The van der Waals surface area contributed by atoms with Gasteiger partial charge in [-0.15, -0.1) is 0 Å². The number of anilines is 1. The van der Waals surface area contributed by atoms with Gasteiger partial charge in [0, 0.05) is 37.9 Å². The maximum atomic E-state index is 12.8. The second kappa shape index (κ2) is 9.80. The van der Waals surface area contributed by atoms with Crippen LogP contribution < -0.4 is 10.2 Å². The topological polar surface area (TPSA) is 94.2 Å². The van der Waals surface area contributed by atoms with Crippen LogP contribution in [-0.4, -0.2) is 57.8 Å². The minimum absolute atomic E-state index is 0.0315. The standard InChI is InChI=1S/C24H30N6O2/c1-3-29(4-2)24(32)18-8-7-13-30(16-18)22-14-17(11-12-25-22)23(31)26-15-21-27-19-9-5-6-10-20(19)28-21/h5-6,9-12,14,18H,3-4,7-8,13,15-16H2,1-2H3,(H,26,31)(H,27,28). The van der Waals surface area contributed by atoms with Crippen LogP contribution >= 0.6 is 0 Å². The smallest absolute Gasteiger partial charge is 0.251 e. The first kappa shape index (κ1) is 21.8. The van der Waals surface area contributed by atoms with Crippen LogP contribution in [0.5, 0.6) is 0 Å². The molecule has 8 nitrogen and oxygen atoms in total. The summed E-state index contributed by atoms with van der Waals surface area (Å²) >= 11 is 0. The summed E-state index contributed by atoms with van der Waals surface area (Å²) in [5, 5.41) is 2.92. The Bertz CT molecular complexity index is 1060. The lowest BCUT2D eigenvalue weighted by Gasteiger charge is -2.35. The van der Waals surface area contributed by atoms with Crippen LogP contribution in [0.25, 0.3) is 11.0 Å². The second-order valence-corrected chi connectivity index (χ2v) is 8.08. The monoisotopic (exact) mass is 434 g/mol. The van der Waals surface area contributed by atoms with E-state index in [0.29, 0.717) is 24.5 Å². The van der Waals surface area contributed by atoms with Crippen molar-refractivity contribution < 1.29 is 9.59 Å². The fourth-order valence-electron chi connectivity index (χ4n) is 4.27. The number of amides is 2. The van der Waals surface area contributed by atoms with E-state index in [1.807, 2.05) is 43.0 Å². The molecule has 3 aromatic rings. The molecule has 1 saturated heterocycles. The van der Waals surface area contributed by atoms with Gasteiger partial charge < -0.3 is 20.1 Å². The van der Waals surface area contributed by atoms with Gasteiger partial charge in [0.25, 0.3) is 5.91 Å². The number of rotatable bonds is 7. The Balaban J connectivity index is 1.41. The number of fused-ring (bicyclic) bond motifs is 1. The molecule has 1 fully saturated rings. The fourth-order valence-corrected chi connectivity index (χ4v) is 4.27. The highest BCUT2D eigenvalue weighted by Gasteiger charge is 2.29. The lowest BCUT2D eigenvalue weighted by atomic mass is 9.96. The molecule has 1 atom stereocenters. The molecule has 8 heteroatoms. The van der Waals surface area contributed by atoms with Gasteiger partial charge in [-0.2, -0.15) is 0 Å². The van der Waals surface area contributed by atoms with E-state index in [1.54, 1.807) is 18.3 Å². The number of carbonyl (C=O) groups excluding carboxylic acids is 2. The van der Waals surface area contributed by atoms with Crippen molar-refractivity contribution in [1.82, 2.24) is 25.2 Å². The highest BCUT2D eigenvalue weighted by molar-refractivity contribution is 5.94. The van der Waals surface area contributed by atoms with Crippen molar-refractivity contribution in [3.8, 4) is 0 Å². The number of para-hydroxylation sites is 2. The predicted octanol–water partition coefficient (Wildman–Crippen LogP) is 2.97. The summed E-state index contributed by atoms with van der Waals surface area (Å²) in [4.78, 5) is 41.7. The summed E-state index contributed by atoms with van der Waals surface area (Å²) in [6, 6.07) is 11.3. The summed E-state index contributed by atoms with van der Waals surface area (Å²) < 4.78 is 0. The molecule has 0 aliphatic carbocycles. The van der Waals surface area contributed by atoms with Crippen molar-refractivity contribution in [2.75, 3.05) is 31.1 Å². The number of aromatic nitrogens is 3. The molecule has 0 radical (unpaired) electrons. The Morgan fingerprint density at radius 3 is 2.81 bits per heavy atom. The Kier molecular flexibility index (Phi) is 6.68. The van der Waals surface area contributed by atoms with Gasteiger partial charge >= 0.3 is 0 Å². The van der Waals surface area contributed by atoms with Crippen LogP contribution in [0.4, 0.5) is 5.82 Å². The van der Waals surface area contributed by atoms with Crippen LogP contribution in [0, 0.1) is 5.92 Å². The maximum absolute atomic E-state index is 12.8. The number of nitrogens with one attached hydrogen (secondary N) is 2. The van der Waals surface area contributed by atoms with Crippen LogP contribution in [0.2, 0.25) is 0 Å². The molecule has 1 aromatic carbocycles. The number of piperidine rings is 1. The SMILES string of the molecule is CCN(CC)C(=O)C1CCCN(c2cc(C(=O)NCc3nc4ccccc4[nH]3)ccn2)C1. The van der Waals surface area contributed by atoms with Crippen LogP contribution in [0.15, 0.2) is 42.6 Å². The Hall–Kier alpha value is -3.42. The van der Waals surface area contributed by atoms with E-state index in [2.05, 4.69) is 25.2 Å². The van der Waals surface area contributed by atoms with Crippen molar-refractivity contribution in [3.05, 3.63) is 54.0 Å². The van der Waals surface area contributed by atoms with E-state index in [9.17, 15) is 9.59 Å². The first-order valence-electron chi connectivity index (χ1n) is 11.3. The maximum Gasteiger partial charge on any atom is 0.251 e. The zero-order valence-electron chi connectivity index (χ0n) is 18.7. The largest absolute Gasteiger partial charge is 0.356 e. The summed E-state index contributed by atoms with van der Waals surface area (Å²) in [6.45, 7) is 7.25. The van der Waals surface area contributed by atoms with Crippen molar-refractivity contribution in [2.45, 2.75) is 33.2 Å². The third kappa shape index (κ3) is 4.74. The quantitative estimate of drug-likeness (QED) is 0.596. The van der Waals surface area contributed by atoms with Crippen LogP contribution in [0.3, 0.4) is 0 Å². The zero-order valence-corrected chi connectivity index (χ0v) is 18.7. The Morgan fingerprint density at radius 2 is 2.03 bits per heavy atom.